The van der Waals surface area contributed by atoms with Crippen molar-refractivity contribution in [3.05, 3.63) is 107 Å². The lowest BCUT2D eigenvalue weighted by Gasteiger charge is -2.31. The van der Waals surface area contributed by atoms with Crippen LogP contribution in [-0.4, -0.2) is 34.7 Å². The highest BCUT2D eigenvalue weighted by Crippen LogP contribution is 2.26. The molecule has 0 saturated carbocycles. The normalized spacial score (nSPS) is 13.8. The number of amides is 2. The van der Waals surface area contributed by atoms with Crippen LogP contribution in [-0.2, 0) is 24.3 Å². The van der Waals surface area contributed by atoms with E-state index in [9.17, 15) is 9.59 Å². The summed E-state index contributed by atoms with van der Waals surface area (Å²) in [6, 6.07) is 26.9. The first kappa shape index (κ1) is 18.9. The van der Waals surface area contributed by atoms with E-state index in [1.165, 1.54) is 0 Å². The molecule has 0 fully saturated rings. The van der Waals surface area contributed by atoms with Gasteiger partial charge in [0, 0.05) is 32.1 Å². The van der Waals surface area contributed by atoms with Crippen molar-refractivity contribution in [2.45, 2.75) is 25.6 Å². The molecule has 1 aliphatic heterocycles. The van der Waals surface area contributed by atoms with Crippen molar-refractivity contribution in [1.82, 2.24) is 9.80 Å². The Kier molecular flexibility index (Phi) is 5.43. The topological polar surface area (TPSA) is 40.6 Å². The van der Waals surface area contributed by atoms with Gasteiger partial charge >= 0.3 is 0 Å². The van der Waals surface area contributed by atoms with Crippen molar-refractivity contribution >= 4 is 11.8 Å². The zero-order valence-electron chi connectivity index (χ0n) is 16.5. The molecule has 4 rings (SSSR count). The van der Waals surface area contributed by atoms with Crippen LogP contribution in [0.25, 0.3) is 0 Å². The standard InChI is InChI=1S/C25H24N2O2/c1-26(17-20-12-6-3-7-13-20)25(29)23(16-19-10-4-2-5-11-19)27-18-21-14-8-9-15-22(21)24(27)28/h2-15,23H,16-18H2,1H3/t23-/m0/s1. The number of hydrogen-bond donors (Lipinski definition) is 0. The summed E-state index contributed by atoms with van der Waals surface area (Å²) >= 11 is 0. The van der Waals surface area contributed by atoms with Crippen molar-refractivity contribution in [3.8, 4) is 0 Å². The van der Waals surface area contributed by atoms with Gasteiger partial charge < -0.3 is 9.80 Å². The van der Waals surface area contributed by atoms with E-state index in [2.05, 4.69) is 0 Å². The average molecular weight is 384 g/mol. The SMILES string of the molecule is CN(Cc1ccccc1)C(=O)[C@H](Cc1ccccc1)N1Cc2ccccc2C1=O. The van der Waals surface area contributed by atoms with Crippen molar-refractivity contribution in [3.63, 3.8) is 0 Å². The van der Waals surface area contributed by atoms with E-state index in [0.717, 1.165) is 16.7 Å². The predicted molar refractivity (Wildman–Crippen MR) is 113 cm³/mol. The van der Waals surface area contributed by atoms with Crippen LogP contribution in [0.4, 0.5) is 0 Å². The second-order valence-electron chi connectivity index (χ2n) is 7.48. The predicted octanol–water partition coefficient (Wildman–Crippen LogP) is 3.91. The maximum atomic E-state index is 13.5. The minimum atomic E-state index is -0.536. The third-order valence-electron chi connectivity index (χ3n) is 5.42. The highest BCUT2D eigenvalue weighted by atomic mass is 16.2. The number of carbonyl (C=O) groups is 2. The summed E-state index contributed by atoms with van der Waals surface area (Å²) in [5, 5.41) is 0. The summed E-state index contributed by atoms with van der Waals surface area (Å²) in [5.41, 5.74) is 3.79. The molecule has 0 aromatic heterocycles. The molecule has 0 spiro atoms. The molecule has 0 saturated heterocycles. The molecule has 1 heterocycles. The fourth-order valence-corrected chi connectivity index (χ4v) is 3.89. The number of likely N-dealkylation sites (N-methyl/N-ethyl adjacent to an activating group) is 1. The first-order valence-corrected chi connectivity index (χ1v) is 9.85. The molecule has 0 unspecified atom stereocenters. The van der Waals surface area contributed by atoms with Gasteiger partial charge in [0.05, 0.1) is 0 Å². The van der Waals surface area contributed by atoms with E-state index in [0.29, 0.717) is 25.1 Å². The summed E-state index contributed by atoms with van der Waals surface area (Å²) in [5.74, 6) is -0.109. The number of fused-ring (bicyclic) bond motifs is 1. The van der Waals surface area contributed by atoms with E-state index in [1.54, 1.807) is 16.8 Å². The van der Waals surface area contributed by atoms with Gasteiger partial charge in [0.25, 0.3) is 5.91 Å². The minimum Gasteiger partial charge on any atom is -0.340 e. The van der Waals surface area contributed by atoms with Crippen molar-refractivity contribution < 1.29 is 9.59 Å². The van der Waals surface area contributed by atoms with Crippen LogP contribution in [0.3, 0.4) is 0 Å². The van der Waals surface area contributed by atoms with Gasteiger partial charge in [-0.3, -0.25) is 9.59 Å². The zero-order chi connectivity index (χ0) is 20.2. The van der Waals surface area contributed by atoms with E-state index >= 15 is 0 Å². The van der Waals surface area contributed by atoms with Crippen LogP contribution in [0.5, 0.6) is 0 Å². The molecule has 3 aromatic carbocycles. The van der Waals surface area contributed by atoms with Gasteiger partial charge in [0.1, 0.15) is 6.04 Å². The highest BCUT2D eigenvalue weighted by molar-refractivity contribution is 6.01. The average Bonchev–Trinajstić information content (AvgIpc) is 3.09. The Hall–Kier alpha value is -3.40. The lowest BCUT2D eigenvalue weighted by Crippen LogP contribution is -2.48. The number of rotatable bonds is 6. The van der Waals surface area contributed by atoms with Crippen LogP contribution in [0.2, 0.25) is 0 Å². The summed E-state index contributed by atoms with van der Waals surface area (Å²) in [4.78, 5) is 30.0. The number of benzene rings is 3. The zero-order valence-corrected chi connectivity index (χ0v) is 16.5. The molecule has 4 heteroatoms. The maximum Gasteiger partial charge on any atom is 0.255 e. The molecular weight excluding hydrogens is 360 g/mol. The summed E-state index contributed by atoms with van der Waals surface area (Å²) in [6.45, 7) is 0.983. The quantitative estimate of drug-likeness (QED) is 0.646. The van der Waals surface area contributed by atoms with Crippen LogP contribution < -0.4 is 0 Å². The summed E-state index contributed by atoms with van der Waals surface area (Å²) in [6.07, 6.45) is 0.499. The smallest absolute Gasteiger partial charge is 0.255 e. The Labute approximate surface area is 171 Å². The third-order valence-corrected chi connectivity index (χ3v) is 5.42. The van der Waals surface area contributed by atoms with Gasteiger partial charge in [-0.2, -0.15) is 0 Å². The molecular formula is C25H24N2O2. The second kappa shape index (κ2) is 8.31. The van der Waals surface area contributed by atoms with Crippen LogP contribution in [0, 0.1) is 0 Å². The van der Waals surface area contributed by atoms with Crippen LogP contribution in [0.15, 0.2) is 84.9 Å². The lowest BCUT2D eigenvalue weighted by atomic mass is 10.0. The first-order chi connectivity index (χ1) is 14.1. The Morgan fingerprint density at radius 3 is 2.14 bits per heavy atom. The van der Waals surface area contributed by atoms with E-state index in [4.69, 9.17) is 0 Å². The van der Waals surface area contributed by atoms with E-state index in [-0.39, 0.29) is 11.8 Å². The maximum absolute atomic E-state index is 13.5. The van der Waals surface area contributed by atoms with E-state index in [1.807, 2.05) is 84.9 Å². The number of carbonyl (C=O) groups excluding carboxylic acids is 2. The van der Waals surface area contributed by atoms with Gasteiger partial charge in [-0.15, -0.1) is 0 Å². The summed E-state index contributed by atoms with van der Waals surface area (Å²) in [7, 11) is 1.81. The molecule has 0 radical (unpaired) electrons. The molecule has 29 heavy (non-hydrogen) atoms. The molecule has 0 N–H and O–H groups in total. The molecule has 2 amide bonds. The second-order valence-corrected chi connectivity index (χ2v) is 7.48. The van der Waals surface area contributed by atoms with Gasteiger partial charge in [0.2, 0.25) is 5.91 Å². The van der Waals surface area contributed by atoms with Gasteiger partial charge in [-0.25, -0.2) is 0 Å². The molecule has 1 atom stereocenters. The lowest BCUT2D eigenvalue weighted by molar-refractivity contribution is -0.135. The third kappa shape index (κ3) is 4.06. The fourth-order valence-electron chi connectivity index (χ4n) is 3.89. The largest absolute Gasteiger partial charge is 0.340 e. The first-order valence-electron chi connectivity index (χ1n) is 9.85. The molecule has 3 aromatic rings. The Bertz CT molecular complexity index is 1000. The van der Waals surface area contributed by atoms with Crippen LogP contribution in [0.1, 0.15) is 27.0 Å². The highest BCUT2D eigenvalue weighted by Gasteiger charge is 2.37. The minimum absolute atomic E-state index is 0.0427. The van der Waals surface area contributed by atoms with Gasteiger partial charge in [-0.05, 0) is 22.8 Å². The van der Waals surface area contributed by atoms with Crippen molar-refractivity contribution in [1.29, 1.82) is 0 Å². The summed E-state index contributed by atoms with van der Waals surface area (Å²) < 4.78 is 0. The molecule has 146 valence electrons. The molecule has 1 aliphatic rings. The van der Waals surface area contributed by atoms with Crippen molar-refractivity contribution in [2.75, 3.05) is 7.05 Å². The van der Waals surface area contributed by atoms with Gasteiger partial charge in [0.15, 0.2) is 0 Å². The Balaban J connectivity index is 1.60. The Morgan fingerprint density at radius 2 is 1.48 bits per heavy atom. The van der Waals surface area contributed by atoms with Gasteiger partial charge in [-0.1, -0.05) is 78.9 Å². The monoisotopic (exact) mass is 384 g/mol. The van der Waals surface area contributed by atoms with Crippen molar-refractivity contribution in [2.24, 2.45) is 0 Å². The Morgan fingerprint density at radius 1 is 0.897 bits per heavy atom. The molecule has 4 nitrogen and oxygen atoms in total. The molecule has 0 aliphatic carbocycles. The van der Waals surface area contributed by atoms with E-state index < -0.39 is 6.04 Å². The molecule has 0 bridgehead atoms. The fraction of sp³-hybridized carbons (Fsp3) is 0.200. The number of hydrogen-bond acceptors (Lipinski definition) is 2. The van der Waals surface area contributed by atoms with Crippen LogP contribution >= 0.6 is 0 Å². The number of nitrogens with zero attached hydrogens (tertiary/aromatic N) is 2.